The van der Waals surface area contributed by atoms with Crippen molar-refractivity contribution >= 4 is 11.9 Å². The van der Waals surface area contributed by atoms with E-state index in [-0.39, 0.29) is 17.8 Å². The zero-order valence-electron chi connectivity index (χ0n) is 11.5. The van der Waals surface area contributed by atoms with Crippen LogP contribution in [0.15, 0.2) is 0 Å². The third kappa shape index (κ3) is 5.07. The van der Waals surface area contributed by atoms with Gasteiger partial charge in [0.05, 0.1) is 6.61 Å². The second-order valence-corrected chi connectivity index (χ2v) is 5.09. The fraction of sp³-hybridized carbons (Fsp3) is 0.857. The fourth-order valence-corrected chi connectivity index (χ4v) is 2.20. The second kappa shape index (κ2) is 8.11. The molecule has 1 saturated carbocycles. The van der Waals surface area contributed by atoms with Crippen molar-refractivity contribution in [1.82, 2.24) is 5.32 Å². The first-order valence-corrected chi connectivity index (χ1v) is 7.12. The standard InChI is InChI=1S/C14H25NO3/c1-3-4-10-18-14(17)11(2)15-13(16)12-8-6-5-7-9-12/h11-12H,3-10H2,1-2H3,(H,15,16)/t11-/m0/s1. The molecule has 1 amide bonds. The highest BCUT2D eigenvalue weighted by molar-refractivity contribution is 5.85. The quantitative estimate of drug-likeness (QED) is 0.586. The Morgan fingerprint density at radius 1 is 1.28 bits per heavy atom. The van der Waals surface area contributed by atoms with Crippen LogP contribution >= 0.6 is 0 Å². The van der Waals surface area contributed by atoms with Crippen molar-refractivity contribution in [3.8, 4) is 0 Å². The van der Waals surface area contributed by atoms with Crippen LogP contribution in [0.2, 0.25) is 0 Å². The first-order valence-electron chi connectivity index (χ1n) is 7.12. The molecule has 1 aliphatic rings. The number of rotatable bonds is 6. The lowest BCUT2D eigenvalue weighted by molar-refractivity contribution is -0.148. The van der Waals surface area contributed by atoms with Crippen molar-refractivity contribution in [3.63, 3.8) is 0 Å². The molecule has 1 N–H and O–H groups in total. The van der Waals surface area contributed by atoms with E-state index in [2.05, 4.69) is 5.32 Å². The molecule has 0 heterocycles. The van der Waals surface area contributed by atoms with Crippen LogP contribution in [-0.2, 0) is 14.3 Å². The Hall–Kier alpha value is -1.06. The summed E-state index contributed by atoms with van der Waals surface area (Å²) in [5.74, 6) is -0.230. The van der Waals surface area contributed by atoms with Crippen LogP contribution in [0.4, 0.5) is 0 Å². The highest BCUT2D eigenvalue weighted by atomic mass is 16.5. The van der Waals surface area contributed by atoms with Gasteiger partial charge in [-0.05, 0) is 26.2 Å². The van der Waals surface area contributed by atoms with Gasteiger partial charge in [0.1, 0.15) is 6.04 Å². The maximum atomic E-state index is 11.9. The number of nitrogens with one attached hydrogen (secondary N) is 1. The maximum Gasteiger partial charge on any atom is 0.328 e. The van der Waals surface area contributed by atoms with Crippen molar-refractivity contribution < 1.29 is 14.3 Å². The van der Waals surface area contributed by atoms with E-state index in [1.54, 1.807) is 6.92 Å². The summed E-state index contributed by atoms with van der Waals surface area (Å²) in [6.45, 7) is 4.18. The van der Waals surface area contributed by atoms with Gasteiger partial charge in [0.25, 0.3) is 0 Å². The summed E-state index contributed by atoms with van der Waals surface area (Å²) in [4.78, 5) is 23.5. The van der Waals surface area contributed by atoms with Crippen molar-refractivity contribution in [3.05, 3.63) is 0 Å². The molecule has 0 aromatic rings. The van der Waals surface area contributed by atoms with Gasteiger partial charge in [-0.15, -0.1) is 0 Å². The van der Waals surface area contributed by atoms with Crippen molar-refractivity contribution in [1.29, 1.82) is 0 Å². The minimum Gasteiger partial charge on any atom is -0.464 e. The molecule has 0 bridgehead atoms. The number of amides is 1. The summed E-state index contributed by atoms with van der Waals surface area (Å²) < 4.78 is 5.08. The van der Waals surface area contributed by atoms with Crippen molar-refractivity contribution in [2.24, 2.45) is 5.92 Å². The van der Waals surface area contributed by atoms with E-state index in [1.807, 2.05) is 6.92 Å². The van der Waals surface area contributed by atoms with Crippen LogP contribution in [0.3, 0.4) is 0 Å². The van der Waals surface area contributed by atoms with Crippen LogP contribution in [0.5, 0.6) is 0 Å². The topological polar surface area (TPSA) is 55.4 Å². The molecule has 1 atom stereocenters. The smallest absolute Gasteiger partial charge is 0.328 e. The zero-order chi connectivity index (χ0) is 13.4. The van der Waals surface area contributed by atoms with Crippen LogP contribution in [0.25, 0.3) is 0 Å². The molecule has 4 heteroatoms. The van der Waals surface area contributed by atoms with Crippen LogP contribution < -0.4 is 5.32 Å². The third-order valence-electron chi connectivity index (χ3n) is 3.43. The minimum absolute atomic E-state index is 0.00893. The highest BCUT2D eigenvalue weighted by Gasteiger charge is 2.24. The first-order chi connectivity index (χ1) is 8.65. The number of unbranched alkanes of at least 4 members (excludes halogenated alkanes) is 1. The Bertz CT molecular complexity index is 272. The average Bonchev–Trinajstić information content (AvgIpc) is 2.39. The monoisotopic (exact) mass is 255 g/mol. The molecule has 0 spiro atoms. The van der Waals surface area contributed by atoms with Crippen molar-refractivity contribution in [2.75, 3.05) is 6.61 Å². The van der Waals surface area contributed by atoms with E-state index in [1.165, 1.54) is 6.42 Å². The predicted molar refractivity (Wildman–Crippen MR) is 70.0 cm³/mol. The lowest BCUT2D eigenvalue weighted by Crippen LogP contribution is -2.43. The number of ether oxygens (including phenoxy) is 1. The van der Waals surface area contributed by atoms with Crippen LogP contribution in [-0.4, -0.2) is 24.5 Å². The van der Waals surface area contributed by atoms with Crippen LogP contribution in [0.1, 0.15) is 58.8 Å². The normalized spacial score (nSPS) is 18.1. The molecular formula is C14H25NO3. The highest BCUT2D eigenvalue weighted by Crippen LogP contribution is 2.23. The Balaban J connectivity index is 2.27. The molecule has 1 rings (SSSR count). The van der Waals surface area contributed by atoms with E-state index in [9.17, 15) is 9.59 Å². The molecule has 0 aliphatic heterocycles. The molecule has 0 unspecified atom stereocenters. The predicted octanol–water partition coefficient (Wildman–Crippen LogP) is 2.41. The number of carbonyl (C=O) groups is 2. The molecule has 1 aliphatic carbocycles. The number of hydrogen-bond acceptors (Lipinski definition) is 3. The Morgan fingerprint density at radius 3 is 2.56 bits per heavy atom. The summed E-state index contributed by atoms with van der Waals surface area (Å²) in [7, 11) is 0. The summed E-state index contributed by atoms with van der Waals surface area (Å²) >= 11 is 0. The lowest BCUT2D eigenvalue weighted by Gasteiger charge is -2.22. The van der Waals surface area contributed by atoms with E-state index < -0.39 is 6.04 Å². The SMILES string of the molecule is CCCCOC(=O)[C@H](C)NC(=O)C1CCCCC1. The van der Waals surface area contributed by atoms with Crippen molar-refractivity contribution in [2.45, 2.75) is 64.8 Å². The summed E-state index contributed by atoms with van der Waals surface area (Å²) in [6.07, 6.45) is 7.22. The molecular weight excluding hydrogens is 230 g/mol. The minimum atomic E-state index is -0.531. The van der Waals surface area contributed by atoms with E-state index >= 15 is 0 Å². The summed E-state index contributed by atoms with van der Waals surface area (Å²) in [6, 6.07) is -0.531. The van der Waals surface area contributed by atoms with E-state index in [0.717, 1.165) is 38.5 Å². The van der Waals surface area contributed by atoms with Gasteiger partial charge in [-0.25, -0.2) is 4.79 Å². The molecule has 0 radical (unpaired) electrons. The lowest BCUT2D eigenvalue weighted by atomic mass is 9.88. The zero-order valence-corrected chi connectivity index (χ0v) is 11.5. The Morgan fingerprint density at radius 2 is 1.94 bits per heavy atom. The Labute approximate surface area is 109 Å². The maximum absolute atomic E-state index is 11.9. The second-order valence-electron chi connectivity index (χ2n) is 5.09. The van der Waals surface area contributed by atoms with Gasteiger partial charge in [0.15, 0.2) is 0 Å². The molecule has 0 aromatic carbocycles. The summed E-state index contributed by atoms with van der Waals surface area (Å²) in [5, 5.41) is 2.76. The number of hydrogen-bond donors (Lipinski definition) is 1. The summed E-state index contributed by atoms with van der Waals surface area (Å²) in [5.41, 5.74) is 0. The van der Waals surface area contributed by atoms with Gasteiger partial charge in [-0.1, -0.05) is 32.6 Å². The molecule has 18 heavy (non-hydrogen) atoms. The van der Waals surface area contributed by atoms with Gasteiger partial charge in [0.2, 0.25) is 5.91 Å². The molecule has 1 fully saturated rings. The molecule has 0 saturated heterocycles. The van der Waals surface area contributed by atoms with Gasteiger partial charge in [-0.2, -0.15) is 0 Å². The van der Waals surface area contributed by atoms with Crippen LogP contribution in [0, 0.1) is 5.92 Å². The van der Waals surface area contributed by atoms with Gasteiger partial charge in [0, 0.05) is 5.92 Å². The van der Waals surface area contributed by atoms with E-state index in [0.29, 0.717) is 6.61 Å². The Kier molecular flexibility index (Phi) is 6.76. The van der Waals surface area contributed by atoms with Gasteiger partial charge in [-0.3, -0.25) is 4.79 Å². The third-order valence-corrected chi connectivity index (χ3v) is 3.43. The first kappa shape index (κ1) is 15.0. The molecule has 0 aromatic heterocycles. The molecule has 104 valence electrons. The van der Waals surface area contributed by atoms with Gasteiger partial charge < -0.3 is 10.1 Å². The number of esters is 1. The average molecular weight is 255 g/mol. The van der Waals surface area contributed by atoms with E-state index in [4.69, 9.17) is 4.74 Å². The number of carbonyl (C=O) groups excluding carboxylic acids is 2. The molecule has 4 nitrogen and oxygen atoms in total. The fourth-order valence-electron chi connectivity index (χ4n) is 2.20. The van der Waals surface area contributed by atoms with Gasteiger partial charge >= 0.3 is 5.97 Å². The largest absolute Gasteiger partial charge is 0.464 e.